The first kappa shape index (κ1) is 6.66. The first-order valence-corrected chi connectivity index (χ1v) is 4.27. The molecule has 0 saturated heterocycles. The lowest BCUT2D eigenvalue weighted by Crippen LogP contribution is -2.48. The van der Waals surface area contributed by atoms with Crippen molar-refractivity contribution in [2.45, 2.75) is 45.6 Å². The minimum absolute atomic E-state index is 0.00810. The van der Waals surface area contributed by atoms with Crippen LogP contribution in [0.25, 0.3) is 0 Å². The molecule has 2 saturated carbocycles. The molecule has 2 rings (SSSR count). The third-order valence-corrected chi connectivity index (χ3v) is 4.28. The molecule has 1 N–H and O–H groups in total. The first-order valence-electron chi connectivity index (χ1n) is 4.27. The molecule has 1 nitrogen and oxygen atoms in total. The van der Waals surface area contributed by atoms with Crippen LogP contribution in [0.3, 0.4) is 0 Å². The molecule has 1 heteroatoms. The SMILES string of the molecule is C[C@]12CC[C@H](O)[C@@]1(C)CC2. The van der Waals surface area contributed by atoms with Gasteiger partial charge in [-0.2, -0.15) is 0 Å². The average molecular weight is 140 g/mol. The van der Waals surface area contributed by atoms with E-state index in [1.165, 1.54) is 19.3 Å². The van der Waals surface area contributed by atoms with Gasteiger partial charge >= 0.3 is 0 Å². The number of aliphatic hydroxyl groups excluding tert-OH is 1. The van der Waals surface area contributed by atoms with Gasteiger partial charge in [0.25, 0.3) is 0 Å². The van der Waals surface area contributed by atoms with Crippen molar-refractivity contribution in [2.24, 2.45) is 10.8 Å². The van der Waals surface area contributed by atoms with Gasteiger partial charge in [0.1, 0.15) is 0 Å². The molecular weight excluding hydrogens is 124 g/mol. The summed E-state index contributed by atoms with van der Waals surface area (Å²) in [6.07, 6.45) is 4.84. The highest BCUT2D eigenvalue weighted by Gasteiger charge is 2.60. The van der Waals surface area contributed by atoms with Crippen LogP contribution >= 0.6 is 0 Å². The summed E-state index contributed by atoms with van der Waals surface area (Å²) in [4.78, 5) is 0. The first-order chi connectivity index (χ1) is 4.58. The number of hydrogen-bond donors (Lipinski definition) is 1. The predicted octanol–water partition coefficient (Wildman–Crippen LogP) is 1.95. The van der Waals surface area contributed by atoms with Crippen LogP contribution in [-0.2, 0) is 0 Å². The van der Waals surface area contributed by atoms with Gasteiger partial charge in [-0.1, -0.05) is 13.8 Å². The molecular formula is C9H16O. The maximum absolute atomic E-state index is 9.64. The van der Waals surface area contributed by atoms with E-state index in [-0.39, 0.29) is 11.5 Å². The number of aliphatic hydroxyl groups is 1. The van der Waals surface area contributed by atoms with Gasteiger partial charge in [-0.3, -0.25) is 0 Å². The van der Waals surface area contributed by atoms with Gasteiger partial charge in [0, 0.05) is 0 Å². The van der Waals surface area contributed by atoms with Crippen LogP contribution in [0.4, 0.5) is 0 Å². The molecule has 2 fully saturated rings. The summed E-state index contributed by atoms with van der Waals surface area (Å²) in [5, 5.41) is 9.64. The van der Waals surface area contributed by atoms with E-state index in [0.29, 0.717) is 5.41 Å². The quantitative estimate of drug-likeness (QED) is 0.545. The fourth-order valence-electron chi connectivity index (χ4n) is 2.70. The van der Waals surface area contributed by atoms with Crippen molar-refractivity contribution in [1.29, 1.82) is 0 Å². The Labute approximate surface area is 62.4 Å². The van der Waals surface area contributed by atoms with Crippen molar-refractivity contribution < 1.29 is 5.11 Å². The van der Waals surface area contributed by atoms with Crippen molar-refractivity contribution in [1.82, 2.24) is 0 Å². The molecule has 0 aromatic heterocycles. The summed E-state index contributed by atoms with van der Waals surface area (Å²) in [6, 6.07) is 0. The zero-order valence-corrected chi connectivity index (χ0v) is 6.85. The second kappa shape index (κ2) is 1.58. The Morgan fingerprint density at radius 3 is 2.10 bits per heavy atom. The Hall–Kier alpha value is -0.0400. The largest absolute Gasteiger partial charge is 0.393 e. The Morgan fingerprint density at radius 2 is 1.90 bits per heavy atom. The van der Waals surface area contributed by atoms with E-state index in [2.05, 4.69) is 13.8 Å². The van der Waals surface area contributed by atoms with Crippen LogP contribution in [0.1, 0.15) is 39.5 Å². The number of fused-ring (bicyclic) bond motifs is 1. The van der Waals surface area contributed by atoms with Gasteiger partial charge < -0.3 is 5.11 Å². The number of hydrogen-bond acceptors (Lipinski definition) is 1. The Morgan fingerprint density at radius 1 is 1.20 bits per heavy atom. The van der Waals surface area contributed by atoms with Gasteiger partial charge in [0.2, 0.25) is 0 Å². The van der Waals surface area contributed by atoms with E-state index < -0.39 is 0 Å². The molecule has 0 aromatic carbocycles. The van der Waals surface area contributed by atoms with Crippen molar-refractivity contribution in [2.75, 3.05) is 0 Å². The molecule has 58 valence electrons. The molecule has 0 aliphatic heterocycles. The maximum atomic E-state index is 9.64. The van der Waals surface area contributed by atoms with Crippen LogP contribution in [0.5, 0.6) is 0 Å². The highest BCUT2D eigenvalue weighted by atomic mass is 16.3. The van der Waals surface area contributed by atoms with E-state index in [1.807, 2.05) is 0 Å². The van der Waals surface area contributed by atoms with Crippen LogP contribution in [0, 0.1) is 10.8 Å². The lowest BCUT2D eigenvalue weighted by Gasteiger charge is -2.53. The minimum Gasteiger partial charge on any atom is -0.393 e. The van der Waals surface area contributed by atoms with E-state index in [9.17, 15) is 5.11 Å². The van der Waals surface area contributed by atoms with E-state index in [1.54, 1.807) is 0 Å². The zero-order chi connectivity index (χ0) is 7.41. The normalized spacial score (nSPS) is 59.7. The highest BCUT2D eigenvalue weighted by Crippen LogP contribution is 2.65. The summed E-state index contributed by atoms with van der Waals surface area (Å²) >= 11 is 0. The zero-order valence-electron chi connectivity index (χ0n) is 6.85. The summed E-state index contributed by atoms with van der Waals surface area (Å²) in [5.74, 6) is 0. The Bertz CT molecular complexity index is 166. The molecule has 2 aliphatic carbocycles. The van der Waals surface area contributed by atoms with Crippen molar-refractivity contribution in [3.05, 3.63) is 0 Å². The highest BCUT2D eigenvalue weighted by molar-refractivity contribution is 5.10. The molecule has 0 bridgehead atoms. The number of rotatable bonds is 0. The smallest absolute Gasteiger partial charge is 0.0599 e. The molecule has 10 heavy (non-hydrogen) atoms. The van der Waals surface area contributed by atoms with Crippen molar-refractivity contribution >= 4 is 0 Å². The lowest BCUT2D eigenvalue weighted by molar-refractivity contribution is -0.0866. The molecule has 0 amide bonds. The molecule has 3 atom stereocenters. The molecule has 2 aliphatic rings. The fourth-order valence-corrected chi connectivity index (χ4v) is 2.70. The van der Waals surface area contributed by atoms with Crippen LogP contribution < -0.4 is 0 Å². The summed E-state index contributed by atoms with van der Waals surface area (Å²) < 4.78 is 0. The topological polar surface area (TPSA) is 20.2 Å². The molecule has 0 aromatic rings. The summed E-state index contributed by atoms with van der Waals surface area (Å²) in [5.41, 5.74) is 0.777. The van der Waals surface area contributed by atoms with Crippen molar-refractivity contribution in [3.63, 3.8) is 0 Å². The Kier molecular flexibility index (Phi) is 1.05. The summed E-state index contributed by atoms with van der Waals surface area (Å²) in [6.45, 7) is 4.57. The second-order valence-electron chi connectivity index (χ2n) is 4.53. The molecule has 0 spiro atoms. The van der Waals surface area contributed by atoms with Crippen molar-refractivity contribution in [3.8, 4) is 0 Å². The maximum Gasteiger partial charge on any atom is 0.0599 e. The van der Waals surface area contributed by atoms with Gasteiger partial charge in [-0.05, 0) is 36.5 Å². The van der Waals surface area contributed by atoms with Gasteiger partial charge in [-0.25, -0.2) is 0 Å². The second-order valence-corrected chi connectivity index (χ2v) is 4.53. The molecule has 0 heterocycles. The summed E-state index contributed by atoms with van der Waals surface area (Å²) in [7, 11) is 0. The Balaban J connectivity index is 2.28. The molecule has 0 radical (unpaired) electrons. The van der Waals surface area contributed by atoms with Gasteiger partial charge in [-0.15, -0.1) is 0 Å². The average Bonchev–Trinajstić information content (AvgIpc) is 2.04. The van der Waals surface area contributed by atoms with Gasteiger partial charge in [0.05, 0.1) is 6.10 Å². The standard InChI is InChI=1S/C9H16O/c1-8-4-3-7(10)9(8,2)6-5-8/h7,10H,3-6H2,1-2H3/t7-,8+,9+/m0/s1. The third-order valence-electron chi connectivity index (χ3n) is 4.28. The van der Waals surface area contributed by atoms with Crippen LogP contribution in [0.2, 0.25) is 0 Å². The predicted molar refractivity (Wildman–Crippen MR) is 40.7 cm³/mol. The van der Waals surface area contributed by atoms with Gasteiger partial charge in [0.15, 0.2) is 0 Å². The van der Waals surface area contributed by atoms with E-state index in [0.717, 1.165) is 6.42 Å². The van der Waals surface area contributed by atoms with E-state index in [4.69, 9.17) is 0 Å². The van der Waals surface area contributed by atoms with Crippen LogP contribution in [0.15, 0.2) is 0 Å². The monoisotopic (exact) mass is 140 g/mol. The minimum atomic E-state index is -0.00810. The van der Waals surface area contributed by atoms with Crippen LogP contribution in [-0.4, -0.2) is 11.2 Å². The third kappa shape index (κ3) is 0.493. The van der Waals surface area contributed by atoms with E-state index >= 15 is 0 Å². The fraction of sp³-hybridized carbons (Fsp3) is 1.00. The molecule has 0 unspecified atom stereocenters. The lowest BCUT2D eigenvalue weighted by atomic mass is 9.52.